The summed E-state index contributed by atoms with van der Waals surface area (Å²) in [5.41, 5.74) is 6.88. The van der Waals surface area contributed by atoms with Crippen LogP contribution in [0.4, 0.5) is 0 Å². The number of hydrogen-bond donors (Lipinski definition) is 1. The van der Waals surface area contributed by atoms with Crippen LogP contribution in [0, 0.1) is 12.3 Å². The van der Waals surface area contributed by atoms with E-state index < -0.39 is 0 Å². The summed E-state index contributed by atoms with van der Waals surface area (Å²) in [6.07, 6.45) is 5.95. The van der Waals surface area contributed by atoms with Crippen molar-refractivity contribution in [2.75, 3.05) is 6.61 Å². The van der Waals surface area contributed by atoms with Crippen molar-refractivity contribution in [3.05, 3.63) is 29.8 Å². The normalized spacial score (nSPS) is 11.8. The van der Waals surface area contributed by atoms with E-state index in [9.17, 15) is 0 Å². The van der Waals surface area contributed by atoms with Gasteiger partial charge in [0.25, 0.3) is 0 Å². The lowest BCUT2D eigenvalue weighted by molar-refractivity contribution is 0.370. The smallest absolute Gasteiger partial charge is 0.148 e. The largest absolute Gasteiger partial charge is 0.481 e. The molecule has 2 heteroatoms. The predicted octanol–water partition coefficient (Wildman–Crippen LogP) is 1.59. The lowest BCUT2D eigenvalue weighted by atomic mass is 10.1. The van der Waals surface area contributed by atoms with E-state index in [0.717, 1.165) is 12.2 Å². The first-order valence-electron chi connectivity index (χ1n) is 4.63. The average Bonchev–Trinajstić information content (AvgIpc) is 2.14. The minimum atomic E-state index is 0.165. The van der Waals surface area contributed by atoms with Gasteiger partial charge in [0.15, 0.2) is 0 Å². The fourth-order valence-corrected chi connectivity index (χ4v) is 1.26. The second kappa shape index (κ2) is 5.31. The molecule has 0 saturated heterocycles. The topological polar surface area (TPSA) is 35.2 Å². The van der Waals surface area contributed by atoms with Gasteiger partial charge in [-0.1, -0.05) is 18.1 Å². The highest BCUT2D eigenvalue weighted by Crippen LogP contribution is 2.14. The van der Waals surface area contributed by atoms with Crippen molar-refractivity contribution in [3.8, 4) is 18.1 Å². The third kappa shape index (κ3) is 3.51. The van der Waals surface area contributed by atoms with Crippen LogP contribution in [0.3, 0.4) is 0 Å². The second-order valence-electron chi connectivity index (χ2n) is 3.32. The van der Waals surface area contributed by atoms with Crippen LogP contribution in [0.15, 0.2) is 24.3 Å². The van der Waals surface area contributed by atoms with Crippen molar-refractivity contribution in [1.29, 1.82) is 0 Å². The molecule has 1 aromatic rings. The summed E-state index contributed by atoms with van der Waals surface area (Å²) in [4.78, 5) is 0. The van der Waals surface area contributed by atoms with Crippen molar-refractivity contribution < 1.29 is 4.74 Å². The molecule has 0 aliphatic carbocycles. The molecule has 1 atom stereocenters. The first-order valence-corrected chi connectivity index (χ1v) is 4.63. The van der Waals surface area contributed by atoms with Gasteiger partial charge in [0.05, 0.1) is 0 Å². The Balaban J connectivity index is 2.65. The van der Waals surface area contributed by atoms with Crippen LogP contribution in [0.2, 0.25) is 0 Å². The van der Waals surface area contributed by atoms with Crippen LogP contribution in [-0.4, -0.2) is 12.6 Å². The van der Waals surface area contributed by atoms with E-state index in [4.69, 9.17) is 16.9 Å². The van der Waals surface area contributed by atoms with Crippen molar-refractivity contribution in [1.82, 2.24) is 0 Å². The Morgan fingerprint density at radius 3 is 3.00 bits per heavy atom. The maximum absolute atomic E-state index is 5.70. The molecule has 0 aromatic heterocycles. The van der Waals surface area contributed by atoms with Gasteiger partial charge in [0, 0.05) is 6.04 Å². The van der Waals surface area contributed by atoms with Crippen molar-refractivity contribution >= 4 is 0 Å². The molecule has 1 unspecified atom stereocenters. The Hall–Kier alpha value is -1.46. The van der Waals surface area contributed by atoms with Gasteiger partial charge in [-0.2, -0.15) is 0 Å². The fourth-order valence-electron chi connectivity index (χ4n) is 1.26. The zero-order chi connectivity index (χ0) is 10.4. The van der Waals surface area contributed by atoms with E-state index >= 15 is 0 Å². The summed E-state index contributed by atoms with van der Waals surface area (Å²) >= 11 is 0. The molecule has 14 heavy (non-hydrogen) atoms. The highest BCUT2D eigenvalue weighted by Gasteiger charge is 1.99. The van der Waals surface area contributed by atoms with Crippen LogP contribution in [0.1, 0.15) is 12.5 Å². The number of benzene rings is 1. The summed E-state index contributed by atoms with van der Waals surface area (Å²) in [5.74, 6) is 3.24. The minimum Gasteiger partial charge on any atom is -0.481 e. The van der Waals surface area contributed by atoms with Crippen LogP contribution in [0.25, 0.3) is 0 Å². The molecule has 74 valence electrons. The Labute approximate surface area is 85.1 Å². The summed E-state index contributed by atoms with van der Waals surface area (Å²) in [7, 11) is 0. The van der Waals surface area contributed by atoms with Gasteiger partial charge in [-0.25, -0.2) is 0 Å². The Morgan fingerprint density at radius 1 is 1.57 bits per heavy atom. The van der Waals surface area contributed by atoms with Crippen molar-refractivity contribution in [2.24, 2.45) is 5.73 Å². The molecule has 0 saturated carbocycles. The zero-order valence-corrected chi connectivity index (χ0v) is 8.36. The van der Waals surface area contributed by atoms with Crippen LogP contribution in [-0.2, 0) is 6.42 Å². The molecule has 0 aliphatic rings. The third-order valence-corrected chi connectivity index (χ3v) is 1.78. The van der Waals surface area contributed by atoms with Gasteiger partial charge < -0.3 is 10.5 Å². The molecular formula is C12H15NO. The van der Waals surface area contributed by atoms with Gasteiger partial charge in [-0.3, -0.25) is 0 Å². The highest BCUT2D eigenvalue weighted by molar-refractivity contribution is 5.29. The molecule has 0 bridgehead atoms. The quantitative estimate of drug-likeness (QED) is 0.730. The Bertz CT molecular complexity index is 325. The number of nitrogens with two attached hydrogens (primary N) is 1. The monoisotopic (exact) mass is 189 g/mol. The summed E-state index contributed by atoms with van der Waals surface area (Å²) in [6, 6.07) is 8.01. The Morgan fingerprint density at radius 2 is 2.36 bits per heavy atom. The second-order valence-corrected chi connectivity index (χ2v) is 3.32. The molecule has 0 fully saturated rings. The maximum atomic E-state index is 5.70. The van der Waals surface area contributed by atoms with Gasteiger partial charge in [0.2, 0.25) is 0 Å². The minimum absolute atomic E-state index is 0.165. The number of terminal acetylenes is 1. The first-order chi connectivity index (χ1) is 6.72. The van der Waals surface area contributed by atoms with Gasteiger partial charge in [0.1, 0.15) is 12.4 Å². The van der Waals surface area contributed by atoms with E-state index in [2.05, 4.69) is 5.92 Å². The van der Waals surface area contributed by atoms with E-state index in [1.165, 1.54) is 5.56 Å². The lowest BCUT2D eigenvalue weighted by Gasteiger charge is -2.07. The van der Waals surface area contributed by atoms with Gasteiger partial charge in [-0.15, -0.1) is 6.42 Å². The van der Waals surface area contributed by atoms with Crippen molar-refractivity contribution in [3.63, 3.8) is 0 Å². The lowest BCUT2D eigenvalue weighted by Crippen LogP contribution is -2.17. The molecular weight excluding hydrogens is 174 g/mol. The molecule has 0 aliphatic heterocycles. The van der Waals surface area contributed by atoms with E-state index in [-0.39, 0.29) is 6.04 Å². The molecule has 2 N–H and O–H groups in total. The number of rotatable bonds is 4. The summed E-state index contributed by atoms with van der Waals surface area (Å²) < 4.78 is 5.30. The van der Waals surface area contributed by atoms with Gasteiger partial charge in [-0.05, 0) is 31.0 Å². The van der Waals surface area contributed by atoms with Crippen LogP contribution >= 0.6 is 0 Å². The molecule has 0 amide bonds. The highest BCUT2D eigenvalue weighted by atomic mass is 16.5. The first kappa shape index (κ1) is 10.6. The van der Waals surface area contributed by atoms with E-state index in [1.807, 2.05) is 31.2 Å². The third-order valence-electron chi connectivity index (χ3n) is 1.78. The summed E-state index contributed by atoms with van der Waals surface area (Å²) in [6.45, 7) is 2.29. The molecule has 2 nitrogen and oxygen atoms in total. The SMILES string of the molecule is C#CCOc1cccc(CC(C)N)c1. The van der Waals surface area contributed by atoms with Gasteiger partial charge >= 0.3 is 0 Å². The summed E-state index contributed by atoms with van der Waals surface area (Å²) in [5, 5.41) is 0. The fraction of sp³-hybridized carbons (Fsp3) is 0.333. The molecule has 0 radical (unpaired) electrons. The molecule has 1 aromatic carbocycles. The predicted molar refractivity (Wildman–Crippen MR) is 58.1 cm³/mol. The molecule has 0 spiro atoms. The Kier molecular flexibility index (Phi) is 4.03. The number of hydrogen-bond acceptors (Lipinski definition) is 2. The standard InChI is InChI=1S/C12H15NO/c1-3-7-14-12-6-4-5-11(9-12)8-10(2)13/h1,4-6,9-10H,7-8,13H2,2H3. The van der Waals surface area contributed by atoms with Crippen LogP contribution in [0.5, 0.6) is 5.75 Å². The van der Waals surface area contributed by atoms with Crippen LogP contribution < -0.4 is 10.5 Å². The average molecular weight is 189 g/mol. The van der Waals surface area contributed by atoms with E-state index in [0.29, 0.717) is 6.61 Å². The number of ether oxygens (including phenoxy) is 1. The zero-order valence-electron chi connectivity index (χ0n) is 8.36. The molecule has 0 heterocycles. The van der Waals surface area contributed by atoms with E-state index in [1.54, 1.807) is 0 Å². The molecule has 1 rings (SSSR count). The van der Waals surface area contributed by atoms with Crippen molar-refractivity contribution in [2.45, 2.75) is 19.4 Å². The maximum Gasteiger partial charge on any atom is 0.148 e.